The Morgan fingerprint density at radius 1 is 1.39 bits per heavy atom. The summed E-state index contributed by atoms with van der Waals surface area (Å²) >= 11 is 0. The average Bonchev–Trinajstić information content (AvgIpc) is 2.31. The molecule has 1 aromatic rings. The number of hydrogen-bond acceptors (Lipinski definition) is 2. The molecule has 0 spiro atoms. The molecule has 3 heteroatoms. The Morgan fingerprint density at radius 2 is 2.17 bits per heavy atom. The van der Waals surface area contributed by atoms with Crippen molar-refractivity contribution in [1.82, 2.24) is 5.32 Å². The van der Waals surface area contributed by atoms with Gasteiger partial charge in [0.15, 0.2) is 11.6 Å². The molecule has 0 aliphatic heterocycles. The first-order valence-electron chi connectivity index (χ1n) is 6.36. The van der Waals surface area contributed by atoms with Crippen LogP contribution in [0, 0.1) is 11.7 Å². The Balaban J connectivity index is 2.50. The van der Waals surface area contributed by atoms with E-state index in [1.54, 1.807) is 6.07 Å². The molecule has 0 heterocycles. The first kappa shape index (κ1) is 14.7. The predicted octanol–water partition coefficient (Wildman–Crippen LogP) is 3.53. The van der Waals surface area contributed by atoms with Gasteiger partial charge in [-0.1, -0.05) is 32.1 Å². The van der Waals surface area contributed by atoms with Crippen LogP contribution in [0.25, 0.3) is 0 Å². The van der Waals surface area contributed by atoms with Crippen LogP contribution in [0.5, 0.6) is 5.75 Å². The normalized spacial score (nSPS) is 11.4. The average molecular weight is 251 g/mol. The maximum Gasteiger partial charge on any atom is 0.165 e. The molecule has 0 radical (unpaired) electrons. The second-order valence-corrected chi connectivity index (χ2v) is 4.67. The molecule has 0 aliphatic rings. The Bertz CT molecular complexity index is 388. The third kappa shape index (κ3) is 5.32. The van der Waals surface area contributed by atoms with Crippen molar-refractivity contribution in [2.24, 2.45) is 5.92 Å². The topological polar surface area (TPSA) is 21.3 Å². The zero-order chi connectivity index (χ0) is 13.4. The van der Waals surface area contributed by atoms with Crippen molar-refractivity contribution in [1.29, 1.82) is 0 Å². The van der Waals surface area contributed by atoms with Gasteiger partial charge in [-0.05, 0) is 37.1 Å². The van der Waals surface area contributed by atoms with Gasteiger partial charge in [-0.3, -0.25) is 0 Å². The van der Waals surface area contributed by atoms with Crippen molar-refractivity contribution in [3.05, 3.63) is 41.7 Å². The predicted molar refractivity (Wildman–Crippen MR) is 73.3 cm³/mol. The molecule has 0 saturated carbocycles. The van der Waals surface area contributed by atoms with Crippen LogP contribution in [0.4, 0.5) is 4.39 Å². The smallest absolute Gasteiger partial charge is 0.165 e. The highest BCUT2D eigenvalue weighted by atomic mass is 19.1. The van der Waals surface area contributed by atoms with Gasteiger partial charge >= 0.3 is 0 Å². The lowest BCUT2D eigenvalue weighted by Gasteiger charge is -2.09. The monoisotopic (exact) mass is 251 g/mol. The molecule has 1 rings (SSSR count). The molecule has 1 aromatic carbocycles. The van der Waals surface area contributed by atoms with E-state index in [0.717, 1.165) is 12.1 Å². The highest BCUT2D eigenvalue weighted by molar-refractivity contribution is 5.29. The molecule has 0 aromatic heterocycles. The lowest BCUT2D eigenvalue weighted by molar-refractivity contribution is 0.341. The summed E-state index contributed by atoms with van der Waals surface area (Å²) < 4.78 is 19.0. The van der Waals surface area contributed by atoms with E-state index in [9.17, 15) is 4.39 Å². The van der Waals surface area contributed by atoms with E-state index in [0.29, 0.717) is 24.8 Å². The quantitative estimate of drug-likeness (QED) is 0.749. The molecular weight excluding hydrogens is 229 g/mol. The summed E-state index contributed by atoms with van der Waals surface area (Å²) in [6.45, 7) is 8.21. The zero-order valence-corrected chi connectivity index (χ0v) is 11.4. The molecule has 0 unspecified atom stereocenters. The number of allylic oxidation sites excluding steroid dienone is 1. The summed E-state index contributed by atoms with van der Waals surface area (Å²) in [6, 6.07) is 5.10. The molecule has 2 nitrogen and oxygen atoms in total. The molecule has 0 saturated heterocycles. The molecule has 0 bridgehead atoms. The fraction of sp³-hybridized carbons (Fsp3) is 0.467. The minimum Gasteiger partial charge on any atom is -0.486 e. The van der Waals surface area contributed by atoms with E-state index in [1.807, 2.05) is 25.1 Å². The van der Waals surface area contributed by atoms with Crippen LogP contribution in [0.1, 0.15) is 26.3 Å². The first-order chi connectivity index (χ1) is 8.63. The summed E-state index contributed by atoms with van der Waals surface area (Å²) in [5.74, 6) is 0.599. The number of benzene rings is 1. The summed E-state index contributed by atoms with van der Waals surface area (Å²) in [4.78, 5) is 0. The van der Waals surface area contributed by atoms with Crippen LogP contribution in [0.3, 0.4) is 0 Å². The van der Waals surface area contributed by atoms with Crippen molar-refractivity contribution in [2.45, 2.75) is 27.3 Å². The largest absolute Gasteiger partial charge is 0.486 e. The van der Waals surface area contributed by atoms with Gasteiger partial charge in [-0.15, -0.1) is 0 Å². The van der Waals surface area contributed by atoms with E-state index in [2.05, 4.69) is 19.2 Å². The summed E-state index contributed by atoms with van der Waals surface area (Å²) in [6.07, 6.45) is 3.72. The summed E-state index contributed by atoms with van der Waals surface area (Å²) in [5, 5.41) is 3.28. The highest BCUT2D eigenvalue weighted by Gasteiger charge is 2.04. The van der Waals surface area contributed by atoms with Crippen LogP contribution in [-0.2, 0) is 6.54 Å². The molecule has 100 valence electrons. The maximum atomic E-state index is 13.7. The summed E-state index contributed by atoms with van der Waals surface area (Å²) in [5.41, 5.74) is 0.937. The number of halogens is 1. The molecule has 0 fully saturated rings. The second-order valence-electron chi connectivity index (χ2n) is 4.67. The van der Waals surface area contributed by atoms with Gasteiger partial charge in [0, 0.05) is 6.54 Å². The van der Waals surface area contributed by atoms with Crippen LogP contribution in [-0.4, -0.2) is 13.2 Å². The van der Waals surface area contributed by atoms with Crippen molar-refractivity contribution in [3.63, 3.8) is 0 Å². The van der Waals surface area contributed by atoms with Crippen molar-refractivity contribution in [2.75, 3.05) is 13.2 Å². The van der Waals surface area contributed by atoms with Crippen LogP contribution < -0.4 is 10.1 Å². The van der Waals surface area contributed by atoms with Crippen molar-refractivity contribution in [3.8, 4) is 5.75 Å². The Morgan fingerprint density at radius 3 is 2.78 bits per heavy atom. The van der Waals surface area contributed by atoms with Crippen LogP contribution in [0.15, 0.2) is 30.4 Å². The minimum atomic E-state index is -0.302. The fourth-order valence-electron chi connectivity index (χ4n) is 1.51. The molecule has 1 N–H and O–H groups in total. The second kappa shape index (κ2) is 7.88. The van der Waals surface area contributed by atoms with Gasteiger partial charge in [0.05, 0.1) is 0 Å². The number of nitrogens with one attached hydrogen (secondary N) is 1. The number of hydrogen-bond donors (Lipinski definition) is 1. The SMILES string of the molecule is C/C=C/COc1ccc(CNCC(C)C)cc1F. The number of ether oxygens (including phenoxy) is 1. The van der Waals surface area contributed by atoms with Gasteiger partial charge in [-0.2, -0.15) is 0 Å². The molecule has 18 heavy (non-hydrogen) atoms. The van der Waals surface area contributed by atoms with Gasteiger partial charge < -0.3 is 10.1 Å². The van der Waals surface area contributed by atoms with Gasteiger partial charge in [0.2, 0.25) is 0 Å². The van der Waals surface area contributed by atoms with Crippen LogP contribution in [0.2, 0.25) is 0 Å². The lowest BCUT2D eigenvalue weighted by atomic mass is 10.2. The Labute approximate surface area is 109 Å². The third-order valence-corrected chi connectivity index (χ3v) is 2.45. The molecule has 0 amide bonds. The van der Waals surface area contributed by atoms with Gasteiger partial charge in [0.25, 0.3) is 0 Å². The number of rotatable bonds is 7. The third-order valence-electron chi connectivity index (χ3n) is 2.45. The standard InChI is InChI=1S/C15H22FNO/c1-4-5-8-18-15-7-6-13(9-14(15)16)11-17-10-12(2)3/h4-7,9,12,17H,8,10-11H2,1-3H3/b5-4+. The van der Waals surface area contributed by atoms with Crippen LogP contribution >= 0.6 is 0 Å². The molecular formula is C15H22FNO. The van der Waals surface area contributed by atoms with E-state index < -0.39 is 0 Å². The molecule has 0 aliphatic carbocycles. The highest BCUT2D eigenvalue weighted by Crippen LogP contribution is 2.18. The van der Waals surface area contributed by atoms with E-state index in [4.69, 9.17) is 4.74 Å². The van der Waals surface area contributed by atoms with Gasteiger partial charge in [-0.25, -0.2) is 4.39 Å². The summed E-state index contributed by atoms with van der Waals surface area (Å²) in [7, 11) is 0. The lowest BCUT2D eigenvalue weighted by Crippen LogP contribution is -2.19. The van der Waals surface area contributed by atoms with E-state index >= 15 is 0 Å². The molecule has 0 atom stereocenters. The van der Waals surface area contributed by atoms with Gasteiger partial charge in [0.1, 0.15) is 6.61 Å². The Hall–Kier alpha value is -1.35. The Kier molecular flexibility index (Phi) is 6.44. The zero-order valence-electron chi connectivity index (χ0n) is 11.4. The van der Waals surface area contributed by atoms with E-state index in [1.165, 1.54) is 6.07 Å². The van der Waals surface area contributed by atoms with Crippen molar-refractivity contribution < 1.29 is 9.13 Å². The minimum absolute atomic E-state index is 0.302. The van der Waals surface area contributed by atoms with E-state index in [-0.39, 0.29) is 5.82 Å². The maximum absolute atomic E-state index is 13.7. The van der Waals surface area contributed by atoms with Crippen molar-refractivity contribution >= 4 is 0 Å². The first-order valence-corrected chi connectivity index (χ1v) is 6.36. The fourth-order valence-corrected chi connectivity index (χ4v) is 1.51.